The number of alkyl halides is 3. The summed E-state index contributed by atoms with van der Waals surface area (Å²) in [6.45, 7) is -2.17. The fourth-order valence-corrected chi connectivity index (χ4v) is 0.950. The highest BCUT2D eigenvalue weighted by Gasteiger charge is 2.23. The van der Waals surface area contributed by atoms with Gasteiger partial charge in [-0.25, -0.2) is 8.96 Å². The number of hydrogen-bond acceptors (Lipinski definition) is 3. The van der Waals surface area contributed by atoms with Gasteiger partial charge in [-0.05, 0) is 0 Å². The fourth-order valence-electron chi connectivity index (χ4n) is 0.576. The van der Waals surface area contributed by atoms with Gasteiger partial charge < -0.3 is 15.1 Å². The summed E-state index contributed by atoms with van der Waals surface area (Å²) in [5.74, 6) is -1.73. The van der Waals surface area contributed by atoms with Gasteiger partial charge in [-0.15, -0.1) is 0 Å². The van der Waals surface area contributed by atoms with Crippen LogP contribution in [-0.4, -0.2) is 41.4 Å². The van der Waals surface area contributed by atoms with E-state index in [1.807, 2.05) is 0 Å². The van der Waals surface area contributed by atoms with Crippen LogP contribution >= 0.6 is 7.82 Å². The van der Waals surface area contributed by atoms with Crippen LogP contribution in [-0.2, 0) is 13.9 Å². The monoisotopic (exact) mass is 251 g/mol. The van der Waals surface area contributed by atoms with Gasteiger partial charge in [0.1, 0.15) is 6.67 Å². The molecule has 0 aromatic carbocycles. The Morgan fingerprint density at radius 3 is 2.33 bits per heavy atom. The molecular weight excluding hydrogens is 242 g/mol. The molecule has 0 aliphatic heterocycles. The van der Waals surface area contributed by atoms with Crippen molar-refractivity contribution in [3.8, 4) is 0 Å². The SMILES string of the molecule is O=C(NC(CF)COP(=O)(O)O)C(F)F. The molecule has 0 spiro atoms. The van der Waals surface area contributed by atoms with E-state index >= 15 is 0 Å². The van der Waals surface area contributed by atoms with Gasteiger partial charge in [0.15, 0.2) is 0 Å². The van der Waals surface area contributed by atoms with Crippen LogP contribution in [0.2, 0.25) is 0 Å². The average Bonchev–Trinajstić information content (AvgIpc) is 2.10. The molecule has 15 heavy (non-hydrogen) atoms. The van der Waals surface area contributed by atoms with Gasteiger partial charge in [0.05, 0.1) is 12.6 Å². The fraction of sp³-hybridized carbons (Fsp3) is 0.800. The smallest absolute Gasteiger partial charge is 0.343 e. The summed E-state index contributed by atoms with van der Waals surface area (Å²) in [7, 11) is -4.81. The summed E-state index contributed by atoms with van der Waals surface area (Å²) in [5, 5.41) is 1.51. The number of carbonyl (C=O) groups excluding carboxylic acids is 1. The van der Waals surface area contributed by atoms with E-state index in [2.05, 4.69) is 4.52 Å². The van der Waals surface area contributed by atoms with Crippen molar-refractivity contribution < 1.29 is 36.8 Å². The van der Waals surface area contributed by atoms with Crippen molar-refractivity contribution >= 4 is 13.7 Å². The molecular formula is C5H9F3NO5P. The molecule has 3 N–H and O–H groups in total. The lowest BCUT2D eigenvalue weighted by Crippen LogP contribution is -2.42. The maximum Gasteiger partial charge on any atom is 0.469 e. The normalized spacial score (nSPS) is 14.0. The van der Waals surface area contributed by atoms with Crippen molar-refractivity contribution in [1.29, 1.82) is 0 Å². The third-order valence-electron chi connectivity index (χ3n) is 1.17. The molecule has 0 aliphatic rings. The molecule has 0 aliphatic carbocycles. The van der Waals surface area contributed by atoms with Crippen LogP contribution < -0.4 is 5.32 Å². The van der Waals surface area contributed by atoms with E-state index in [4.69, 9.17) is 9.79 Å². The Kier molecular flexibility index (Phi) is 5.81. The number of amides is 1. The maximum absolute atomic E-state index is 12.1. The molecule has 0 saturated carbocycles. The van der Waals surface area contributed by atoms with E-state index in [0.29, 0.717) is 0 Å². The Morgan fingerprint density at radius 2 is 2.00 bits per heavy atom. The third-order valence-corrected chi connectivity index (χ3v) is 1.66. The summed E-state index contributed by atoms with van der Waals surface area (Å²) >= 11 is 0. The van der Waals surface area contributed by atoms with Gasteiger partial charge in [0.2, 0.25) is 0 Å². The second-order valence-electron chi connectivity index (χ2n) is 2.45. The molecule has 90 valence electrons. The quantitative estimate of drug-likeness (QED) is 0.569. The first-order valence-electron chi connectivity index (χ1n) is 3.61. The van der Waals surface area contributed by atoms with E-state index in [1.165, 1.54) is 5.32 Å². The van der Waals surface area contributed by atoms with Gasteiger partial charge in [-0.3, -0.25) is 9.32 Å². The average molecular weight is 251 g/mol. The summed E-state index contributed by atoms with van der Waals surface area (Å²) < 4.78 is 49.4. The molecule has 0 radical (unpaired) electrons. The highest BCUT2D eigenvalue weighted by molar-refractivity contribution is 7.46. The van der Waals surface area contributed by atoms with Gasteiger partial charge in [-0.2, -0.15) is 8.78 Å². The van der Waals surface area contributed by atoms with E-state index in [1.54, 1.807) is 0 Å². The highest BCUT2D eigenvalue weighted by atomic mass is 31.2. The Bertz CT molecular complexity index is 257. The van der Waals surface area contributed by atoms with Crippen LogP contribution in [0.5, 0.6) is 0 Å². The first kappa shape index (κ1) is 14.4. The van der Waals surface area contributed by atoms with Crippen LogP contribution in [0.15, 0.2) is 0 Å². The third kappa shape index (κ3) is 7.32. The Labute approximate surface area is 82.7 Å². The summed E-state index contributed by atoms with van der Waals surface area (Å²) in [6, 6.07) is -1.51. The number of rotatable bonds is 6. The molecule has 10 heteroatoms. The van der Waals surface area contributed by atoms with Crippen molar-refractivity contribution in [2.24, 2.45) is 0 Å². The summed E-state index contributed by atoms with van der Waals surface area (Å²) in [4.78, 5) is 26.8. The van der Waals surface area contributed by atoms with Crippen molar-refractivity contribution in [3.63, 3.8) is 0 Å². The lowest BCUT2D eigenvalue weighted by molar-refractivity contribution is -0.132. The van der Waals surface area contributed by atoms with Gasteiger partial charge in [-0.1, -0.05) is 0 Å². The minimum atomic E-state index is -4.81. The highest BCUT2D eigenvalue weighted by Crippen LogP contribution is 2.35. The lowest BCUT2D eigenvalue weighted by atomic mass is 10.3. The van der Waals surface area contributed by atoms with Crippen molar-refractivity contribution in [2.45, 2.75) is 12.5 Å². The van der Waals surface area contributed by atoms with Gasteiger partial charge >= 0.3 is 14.2 Å². The van der Waals surface area contributed by atoms with Crippen LogP contribution in [0, 0.1) is 0 Å². The van der Waals surface area contributed by atoms with E-state index in [9.17, 15) is 22.5 Å². The lowest BCUT2D eigenvalue weighted by Gasteiger charge is -2.15. The Morgan fingerprint density at radius 1 is 1.47 bits per heavy atom. The molecule has 0 bridgehead atoms. The molecule has 0 fully saturated rings. The van der Waals surface area contributed by atoms with Crippen LogP contribution in [0.3, 0.4) is 0 Å². The van der Waals surface area contributed by atoms with E-state index < -0.39 is 39.5 Å². The number of nitrogens with one attached hydrogen (secondary N) is 1. The first-order chi connectivity index (χ1) is 6.76. The molecule has 0 heterocycles. The van der Waals surface area contributed by atoms with Crippen LogP contribution in [0.4, 0.5) is 13.2 Å². The van der Waals surface area contributed by atoms with E-state index in [0.717, 1.165) is 0 Å². The minimum absolute atomic E-state index is 0.890. The zero-order valence-corrected chi connectivity index (χ0v) is 8.16. The predicted molar refractivity (Wildman–Crippen MR) is 41.9 cm³/mol. The van der Waals surface area contributed by atoms with Crippen molar-refractivity contribution in [3.05, 3.63) is 0 Å². The maximum atomic E-state index is 12.1. The molecule has 0 aromatic rings. The number of carbonyl (C=O) groups is 1. The molecule has 0 aromatic heterocycles. The molecule has 1 amide bonds. The molecule has 0 saturated heterocycles. The van der Waals surface area contributed by atoms with Crippen molar-refractivity contribution in [1.82, 2.24) is 5.32 Å². The van der Waals surface area contributed by atoms with Gasteiger partial charge in [0.25, 0.3) is 5.91 Å². The standard InChI is InChI=1S/C5H9F3NO5P/c6-1-3(2-14-15(11,12)13)9-5(10)4(7)8/h3-4H,1-2H2,(H,9,10)(H2,11,12,13). The molecule has 6 nitrogen and oxygen atoms in total. The summed E-state index contributed by atoms with van der Waals surface area (Å²) in [5.41, 5.74) is 0. The number of hydrogen-bond donors (Lipinski definition) is 3. The van der Waals surface area contributed by atoms with Crippen molar-refractivity contribution in [2.75, 3.05) is 13.3 Å². The minimum Gasteiger partial charge on any atom is -0.343 e. The van der Waals surface area contributed by atoms with Crippen LogP contribution in [0.1, 0.15) is 0 Å². The number of halogens is 3. The molecule has 1 unspecified atom stereocenters. The van der Waals surface area contributed by atoms with Crippen LogP contribution in [0.25, 0.3) is 0 Å². The molecule has 1 atom stereocenters. The zero-order valence-electron chi connectivity index (χ0n) is 7.27. The Balaban J connectivity index is 4.04. The zero-order chi connectivity index (χ0) is 12.1. The number of phosphoric acid groups is 1. The second kappa shape index (κ2) is 6.06. The van der Waals surface area contributed by atoms with Gasteiger partial charge in [0, 0.05) is 0 Å². The molecule has 0 rings (SSSR count). The topological polar surface area (TPSA) is 95.9 Å². The Hall–Kier alpha value is -0.630. The second-order valence-corrected chi connectivity index (χ2v) is 3.69. The predicted octanol–water partition coefficient (Wildman–Crippen LogP) is -0.185. The summed E-state index contributed by atoms with van der Waals surface area (Å²) in [6.07, 6.45) is -3.32. The van der Waals surface area contributed by atoms with E-state index in [-0.39, 0.29) is 0 Å². The largest absolute Gasteiger partial charge is 0.469 e. The first-order valence-corrected chi connectivity index (χ1v) is 5.14. The number of phosphoric ester groups is 1.